The summed E-state index contributed by atoms with van der Waals surface area (Å²) in [5.74, 6) is 3.39. The zero-order chi connectivity index (χ0) is 9.80. The van der Waals surface area contributed by atoms with Gasteiger partial charge in [0.15, 0.2) is 0 Å². The molecule has 2 aliphatic rings. The van der Waals surface area contributed by atoms with Crippen molar-refractivity contribution >= 4 is 17.5 Å². The molecule has 0 aromatic carbocycles. The molecule has 3 heteroatoms. The molecule has 1 saturated carbocycles. The molecule has 0 aromatic rings. The second-order valence-corrected chi connectivity index (χ2v) is 5.55. The largest absolute Gasteiger partial charge is 0.301 e. The number of hydrogen-bond donors (Lipinski definition) is 0. The third-order valence-electron chi connectivity index (χ3n) is 3.26. The molecule has 0 aromatic heterocycles. The smallest absolute Gasteiger partial charge is 0.137 e. The molecule has 0 bridgehead atoms. The van der Waals surface area contributed by atoms with E-state index in [4.69, 9.17) is 0 Å². The van der Waals surface area contributed by atoms with Crippen molar-refractivity contribution in [1.29, 1.82) is 0 Å². The lowest BCUT2D eigenvalue weighted by Crippen LogP contribution is -2.39. The van der Waals surface area contributed by atoms with Crippen LogP contribution in [0.1, 0.15) is 25.7 Å². The predicted molar refractivity (Wildman–Crippen MR) is 60.7 cm³/mol. The van der Waals surface area contributed by atoms with Crippen molar-refractivity contribution in [3.63, 3.8) is 0 Å². The number of Topliss-reactive ketones (excluding diaryl/α,β-unsaturated/α-hetero) is 1. The van der Waals surface area contributed by atoms with Crippen LogP contribution in [0.15, 0.2) is 0 Å². The molecule has 0 amide bonds. The van der Waals surface area contributed by atoms with Gasteiger partial charge in [0.25, 0.3) is 0 Å². The summed E-state index contributed by atoms with van der Waals surface area (Å²) in [6.45, 7) is 3.42. The molecule has 80 valence electrons. The molecule has 1 aliphatic heterocycles. The first kappa shape index (κ1) is 10.5. The Balaban J connectivity index is 1.79. The van der Waals surface area contributed by atoms with Crippen molar-refractivity contribution < 1.29 is 4.79 Å². The van der Waals surface area contributed by atoms with Gasteiger partial charge in [-0.1, -0.05) is 6.42 Å². The Bertz CT molecular complexity index is 201. The van der Waals surface area contributed by atoms with Gasteiger partial charge >= 0.3 is 0 Å². The molecule has 14 heavy (non-hydrogen) atoms. The molecular weight excluding hydrogens is 194 g/mol. The summed E-state index contributed by atoms with van der Waals surface area (Å²) in [4.78, 5) is 14.1. The maximum atomic E-state index is 11.6. The summed E-state index contributed by atoms with van der Waals surface area (Å²) < 4.78 is 0. The van der Waals surface area contributed by atoms with E-state index in [-0.39, 0.29) is 0 Å². The van der Waals surface area contributed by atoms with Gasteiger partial charge in [-0.05, 0) is 12.8 Å². The summed E-state index contributed by atoms with van der Waals surface area (Å²) in [6, 6.07) is 0. The van der Waals surface area contributed by atoms with Crippen LogP contribution in [0, 0.1) is 5.92 Å². The highest BCUT2D eigenvalue weighted by molar-refractivity contribution is 7.99. The Kier molecular flexibility index (Phi) is 3.88. The van der Waals surface area contributed by atoms with Crippen LogP contribution >= 0.6 is 11.8 Å². The summed E-state index contributed by atoms with van der Waals surface area (Å²) in [7, 11) is 0. The molecule has 0 N–H and O–H groups in total. The van der Waals surface area contributed by atoms with Gasteiger partial charge in [-0.2, -0.15) is 11.8 Å². The van der Waals surface area contributed by atoms with Crippen LogP contribution in [-0.4, -0.2) is 41.8 Å². The Labute approximate surface area is 90.4 Å². The van der Waals surface area contributed by atoms with Gasteiger partial charge in [-0.15, -0.1) is 0 Å². The third-order valence-corrected chi connectivity index (χ3v) is 4.21. The van der Waals surface area contributed by atoms with E-state index in [9.17, 15) is 4.79 Å². The lowest BCUT2D eigenvalue weighted by atomic mass is 9.87. The average Bonchev–Trinajstić information content (AvgIpc) is 2.23. The number of nitrogens with zero attached hydrogens (tertiary/aromatic N) is 1. The lowest BCUT2D eigenvalue weighted by molar-refractivity contribution is -0.125. The van der Waals surface area contributed by atoms with Crippen molar-refractivity contribution in [1.82, 2.24) is 4.90 Å². The highest BCUT2D eigenvalue weighted by Gasteiger charge is 2.24. The first-order chi connectivity index (χ1) is 6.86. The monoisotopic (exact) mass is 213 g/mol. The van der Waals surface area contributed by atoms with Crippen molar-refractivity contribution in [3.05, 3.63) is 0 Å². The summed E-state index contributed by atoms with van der Waals surface area (Å²) in [5, 5.41) is 0. The quantitative estimate of drug-likeness (QED) is 0.697. The molecule has 2 rings (SSSR count). The molecule has 1 heterocycles. The van der Waals surface area contributed by atoms with Crippen LogP contribution in [0.5, 0.6) is 0 Å². The van der Waals surface area contributed by atoms with Crippen LogP contribution < -0.4 is 0 Å². The van der Waals surface area contributed by atoms with Gasteiger partial charge in [-0.3, -0.25) is 4.79 Å². The second-order valence-electron chi connectivity index (χ2n) is 4.32. The highest BCUT2D eigenvalue weighted by Crippen LogP contribution is 2.22. The molecule has 1 atom stereocenters. The number of ketones is 1. The van der Waals surface area contributed by atoms with Crippen molar-refractivity contribution in [3.8, 4) is 0 Å². The first-order valence-electron chi connectivity index (χ1n) is 5.69. The molecule has 2 nitrogen and oxygen atoms in total. The molecule has 1 saturated heterocycles. The normalized spacial score (nSPS) is 30.6. The molecule has 2 fully saturated rings. The zero-order valence-electron chi connectivity index (χ0n) is 8.71. The van der Waals surface area contributed by atoms with Crippen LogP contribution in [0.3, 0.4) is 0 Å². The van der Waals surface area contributed by atoms with E-state index in [2.05, 4.69) is 4.90 Å². The van der Waals surface area contributed by atoms with E-state index < -0.39 is 0 Å². The number of rotatable bonds is 2. The van der Waals surface area contributed by atoms with E-state index in [1.54, 1.807) is 0 Å². The van der Waals surface area contributed by atoms with Gasteiger partial charge in [0.05, 0.1) is 0 Å². The first-order valence-corrected chi connectivity index (χ1v) is 6.84. The predicted octanol–water partition coefficient (Wildman–Crippen LogP) is 1.79. The topological polar surface area (TPSA) is 20.3 Å². The van der Waals surface area contributed by atoms with Crippen molar-refractivity contribution in [2.45, 2.75) is 25.7 Å². The summed E-state index contributed by atoms with van der Waals surface area (Å²) >= 11 is 2.03. The Hall–Kier alpha value is -0.0200. The van der Waals surface area contributed by atoms with Crippen LogP contribution in [-0.2, 0) is 4.79 Å². The van der Waals surface area contributed by atoms with Gasteiger partial charge in [0.2, 0.25) is 0 Å². The fraction of sp³-hybridized carbons (Fsp3) is 0.909. The Morgan fingerprint density at radius 2 is 2.07 bits per heavy atom. The number of carbonyl (C=O) groups is 1. The minimum atomic E-state index is 0.367. The van der Waals surface area contributed by atoms with Crippen molar-refractivity contribution in [2.24, 2.45) is 5.92 Å². The number of thioether (sulfide) groups is 1. The van der Waals surface area contributed by atoms with Gasteiger partial charge in [0, 0.05) is 43.5 Å². The molecule has 1 unspecified atom stereocenters. The number of carbonyl (C=O) groups excluding carboxylic acids is 1. The van der Waals surface area contributed by atoms with Crippen molar-refractivity contribution in [2.75, 3.05) is 31.1 Å². The SMILES string of the molecule is O=C1CCCCC1CN1CCSCC1. The van der Waals surface area contributed by atoms with Crippen LogP contribution in [0.25, 0.3) is 0 Å². The Morgan fingerprint density at radius 1 is 1.29 bits per heavy atom. The minimum Gasteiger partial charge on any atom is -0.301 e. The van der Waals surface area contributed by atoms with Gasteiger partial charge in [-0.25, -0.2) is 0 Å². The van der Waals surface area contributed by atoms with Gasteiger partial charge < -0.3 is 4.90 Å². The van der Waals surface area contributed by atoms with E-state index in [0.29, 0.717) is 11.7 Å². The van der Waals surface area contributed by atoms with E-state index in [1.807, 2.05) is 11.8 Å². The van der Waals surface area contributed by atoms with E-state index >= 15 is 0 Å². The molecular formula is C11H19NOS. The third kappa shape index (κ3) is 2.74. The van der Waals surface area contributed by atoms with Crippen LogP contribution in [0.4, 0.5) is 0 Å². The number of hydrogen-bond acceptors (Lipinski definition) is 3. The van der Waals surface area contributed by atoms with Gasteiger partial charge in [0.1, 0.15) is 5.78 Å². The molecule has 0 spiro atoms. The second kappa shape index (κ2) is 5.17. The fourth-order valence-electron chi connectivity index (χ4n) is 2.34. The maximum absolute atomic E-state index is 11.6. The zero-order valence-corrected chi connectivity index (χ0v) is 9.52. The van der Waals surface area contributed by atoms with E-state index in [0.717, 1.165) is 25.8 Å². The highest BCUT2D eigenvalue weighted by atomic mass is 32.2. The summed E-state index contributed by atoms with van der Waals surface area (Å²) in [5.41, 5.74) is 0. The Morgan fingerprint density at radius 3 is 2.79 bits per heavy atom. The summed E-state index contributed by atoms with van der Waals surface area (Å²) in [6.07, 6.45) is 4.37. The average molecular weight is 213 g/mol. The lowest BCUT2D eigenvalue weighted by Gasteiger charge is -2.31. The molecule has 1 aliphatic carbocycles. The van der Waals surface area contributed by atoms with E-state index in [1.165, 1.54) is 31.0 Å². The minimum absolute atomic E-state index is 0.367. The van der Waals surface area contributed by atoms with Crippen LogP contribution in [0.2, 0.25) is 0 Å². The standard InChI is InChI=1S/C11H19NOS/c13-11-4-2-1-3-10(11)9-12-5-7-14-8-6-12/h10H,1-9H2. The fourth-order valence-corrected chi connectivity index (χ4v) is 3.32. The molecule has 0 radical (unpaired) electrons. The maximum Gasteiger partial charge on any atom is 0.137 e.